The third-order valence-electron chi connectivity index (χ3n) is 2.04. The lowest BCUT2D eigenvalue weighted by Gasteiger charge is -1.94. The molecule has 0 aliphatic rings. The zero-order valence-corrected chi connectivity index (χ0v) is 10.7. The largest absolute Gasteiger partial charge is 0.481 e. The first kappa shape index (κ1) is 12.1. The van der Waals surface area contributed by atoms with Crippen LogP contribution in [0.25, 0.3) is 0 Å². The van der Waals surface area contributed by atoms with Crippen molar-refractivity contribution in [3.8, 4) is 0 Å². The third-order valence-corrected chi connectivity index (χ3v) is 4.12. The van der Waals surface area contributed by atoms with Gasteiger partial charge < -0.3 is 9.52 Å². The highest BCUT2D eigenvalue weighted by molar-refractivity contribution is 8.00. The Labute approximate surface area is 106 Å². The van der Waals surface area contributed by atoms with Crippen LogP contribution in [0.1, 0.15) is 17.1 Å². The van der Waals surface area contributed by atoms with Gasteiger partial charge in [0, 0.05) is 11.1 Å². The van der Waals surface area contributed by atoms with Crippen molar-refractivity contribution in [1.29, 1.82) is 0 Å². The number of carboxylic acids is 1. The molecule has 17 heavy (non-hydrogen) atoms. The van der Waals surface area contributed by atoms with Gasteiger partial charge in [-0.05, 0) is 6.92 Å². The summed E-state index contributed by atoms with van der Waals surface area (Å²) >= 11 is 2.98. The Bertz CT molecular complexity index is 521. The Morgan fingerprint density at radius 3 is 3.12 bits per heavy atom. The first-order chi connectivity index (χ1) is 8.15. The lowest BCUT2D eigenvalue weighted by atomic mass is 10.3. The Morgan fingerprint density at radius 1 is 1.65 bits per heavy atom. The number of aliphatic carboxylic acids is 1. The van der Waals surface area contributed by atoms with E-state index >= 15 is 0 Å². The van der Waals surface area contributed by atoms with E-state index in [0.29, 0.717) is 11.4 Å². The van der Waals surface area contributed by atoms with E-state index in [1.54, 1.807) is 5.38 Å². The van der Waals surface area contributed by atoms with Crippen LogP contribution in [0.3, 0.4) is 0 Å². The van der Waals surface area contributed by atoms with Crippen LogP contribution in [0.5, 0.6) is 0 Å². The molecule has 0 aliphatic heterocycles. The first-order valence-corrected chi connectivity index (χ1v) is 6.69. The number of aromatic nitrogens is 2. The smallest absolute Gasteiger partial charge is 0.309 e. The maximum Gasteiger partial charge on any atom is 0.309 e. The van der Waals surface area contributed by atoms with Crippen LogP contribution in [-0.2, 0) is 17.0 Å². The maximum absolute atomic E-state index is 10.5. The number of thioether (sulfide) groups is 1. The molecule has 0 aromatic carbocycles. The molecule has 0 bridgehead atoms. The van der Waals surface area contributed by atoms with Gasteiger partial charge in [0.05, 0.1) is 17.8 Å². The molecule has 0 spiro atoms. The molecule has 0 aliphatic carbocycles. The summed E-state index contributed by atoms with van der Waals surface area (Å²) in [7, 11) is 0. The van der Waals surface area contributed by atoms with Crippen LogP contribution in [0.15, 0.2) is 20.5 Å². The molecular weight excluding hydrogens is 260 g/mol. The van der Waals surface area contributed by atoms with Crippen LogP contribution >= 0.6 is 23.1 Å². The second-order valence-corrected chi connectivity index (χ2v) is 5.40. The van der Waals surface area contributed by atoms with E-state index < -0.39 is 5.97 Å². The zero-order valence-electron chi connectivity index (χ0n) is 9.04. The highest BCUT2D eigenvalue weighted by atomic mass is 32.2. The fourth-order valence-corrected chi connectivity index (χ4v) is 3.04. The molecule has 2 aromatic rings. The van der Waals surface area contributed by atoms with Crippen molar-refractivity contribution in [2.45, 2.75) is 23.4 Å². The molecule has 0 atom stereocenters. The number of nitrogens with zero attached hydrogens (tertiary/aromatic N) is 2. The minimum atomic E-state index is -0.862. The lowest BCUT2D eigenvalue weighted by Crippen LogP contribution is -1.99. The number of hydrogen-bond acceptors (Lipinski definition) is 6. The molecule has 0 fully saturated rings. The van der Waals surface area contributed by atoms with Crippen LogP contribution < -0.4 is 0 Å². The van der Waals surface area contributed by atoms with Crippen LogP contribution in [0.2, 0.25) is 0 Å². The van der Waals surface area contributed by atoms with E-state index in [-0.39, 0.29) is 6.42 Å². The SMILES string of the molecule is Cc1ocnc1CSc1nc(CC(=O)O)cs1. The lowest BCUT2D eigenvalue weighted by molar-refractivity contribution is -0.136. The third kappa shape index (κ3) is 3.31. The summed E-state index contributed by atoms with van der Waals surface area (Å²) in [6.45, 7) is 1.86. The van der Waals surface area contributed by atoms with E-state index in [1.807, 2.05) is 6.92 Å². The van der Waals surface area contributed by atoms with Crippen LogP contribution in [-0.4, -0.2) is 21.0 Å². The second kappa shape index (κ2) is 5.33. The molecule has 0 saturated heterocycles. The minimum Gasteiger partial charge on any atom is -0.481 e. The highest BCUT2D eigenvalue weighted by Gasteiger charge is 2.09. The highest BCUT2D eigenvalue weighted by Crippen LogP contribution is 2.26. The van der Waals surface area contributed by atoms with Crippen molar-refractivity contribution >= 4 is 29.1 Å². The number of rotatable bonds is 5. The Kier molecular flexibility index (Phi) is 3.80. The molecule has 7 heteroatoms. The Morgan fingerprint density at radius 2 is 2.47 bits per heavy atom. The van der Waals surface area contributed by atoms with Crippen molar-refractivity contribution in [2.75, 3.05) is 0 Å². The van der Waals surface area contributed by atoms with Gasteiger partial charge >= 0.3 is 5.97 Å². The predicted octanol–water partition coefficient (Wildman–Crippen LogP) is 2.36. The number of aryl methyl sites for hydroxylation is 1. The summed E-state index contributed by atoms with van der Waals surface area (Å²) in [5.74, 6) is 0.626. The topological polar surface area (TPSA) is 76.2 Å². The number of carbonyl (C=O) groups is 1. The predicted molar refractivity (Wildman–Crippen MR) is 64.3 cm³/mol. The fourth-order valence-electron chi connectivity index (χ4n) is 1.19. The second-order valence-electron chi connectivity index (χ2n) is 3.32. The fraction of sp³-hybridized carbons (Fsp3) is 0.300. The average Bonchev–Trinajstić information content (AvgIpc) is 2.84. The first-order valence-electron chi connectivity index (χ1n) is 4.83. The number of oxazole rings is 1. The van der Waals surface area contributed by atoms with Crippen molar-refractivity contribution in [2.24, 2.45) is 0 Å². The summed E-state index contributed by atoms with van der Waals surface area (Å²) in [4.78, 5) is 18.8. The molecule has 2 aromatic heterocycles. The van der Waals surface area contributed by atoms with Crippen LogP contribution in [0, 0.1) is 6.92 Å². The van der Waals surface area contributed by atoms with Gasteiger partial charge in [0.25, 0.3) is 0 Å². The average molecular weight is 270 g/mol. The van der Waals surface area contributed by atoms with Gasteiger partial charge in [-0.3, -0.25) is 4.79 Å². The van der Waals surface area contributed by atoms with E-state index in [1.165, 1.54) is 29.5 Å². The normalized spacial score (nSPS) is 10.6. The number of thiazole rings is 1. The molecule has 2 rings (SSSR count). The van der Waals surface area contributed by atoms with E-state index in [0.717, 1.165) is 15.8 Å². The number of hydrogen-bond donors (Lipinski definition) is 1. The summed E-state index contributed by atoms with van der Waals surface area (Å²) in [5.41, 5.74) is 1.49. The standard InChI is InChI=1S/C10H10N2O3S2/c1-6-8(11-5-15-6)4-17-10-12-7(3-16-10)2-9(13)14/h3,5H,2,4H2,1H3,(H,13,14). The molecule has 2 heterocycles. The Balaban J connectivity index is 1.93. The van der Waals surface area contributed by atoms with Gasteiger partial charge in [-0.25, -0.2) is 9.97 Å². The van der Waals surface area contributed by atoms with Gasteiger partial charge in [-0.2, -0.15) is 0 Å². The summed E-state index contributed by atoms with van der Waals surface area (Å²) in [6.07, 6.45) is 1.39. The van der Waals surface area contributed by atoms with Crippen molar-refractivity contribution in [3.63, 3.8) is 0 Å². The molecule has 0 unspecified atom stereocenters. The quantitative estimate of drug-likeness (QED) is 0.840. The summed E-state index contributed by atoms with van der Waals surface area (Å²) in [5, 5.41) is 10.4. The van der Waals surface area contributed by atoms with E-state index in [4.69, 9.17) is 9.52 Å². The van der Waals surface area contributed by atoms with E-state index in [2.05, 4.69) is 9.97 Å². The van der Waals surface area contributed by atoms with Crippen molar-refractivity contribution < 1.29 is 14.3 Å². The number of carboxylic acid groups (broad SMARTS) is 1. The van der Waals surface area contributed by atoms with Gasteiger partial charge in [0.2, 0.25) is 0 Å². The van der Waals surface area contributed by atoms with Gasteiger partial charge in [-0.1, -0.05) is 11.8 Å². The van der Waals surface area contributed by atoms with Gasteiger partial charge in [-0.15, -0.1) is 11.3 Å². The monoisotopic (exact) mass is 270 g/mol. The molecule has 5 nitrogen and oxygen atoms in total. The maximum atomic E-state index is 10.5. The van der Waals surface area contributed by atoms with Gasteiger partial charge in [0.1, 0.15) is 5.76 Å². The molecule has 0 saturated carbocycles. The molecular formula is C10H10N2O3S2. The van der Waals surface area contributed by atoms with Crippen molar-refractivity contribution in [3.05, 3.63) is 28.9 Å². The van der Waals surface area contributed by atoms with E-state index in [9.17, 15) is 4.79 Å². The summed E-state index contributed by atoms with van der Waals surface area (Å²) < 4.78 is 5.94. The van der Waals surface area contributed by atoms with Crippen LogP contribution in [0.4, 0.5) is 0 Å². The minimum absolute atomic E-state index is 0.0277. The molecule has 90 valence electrons. The molecule has 0 radical (unpaired) electrons. The molecule has 1 N–H and O–H groups in total. The van der Waals surface area contributed by atoms with Gasteiger partial charge in [0.15, 0.2) is 10.7 Å². The Hall–Kier alpha value is -1.34. The summed E-state index contributed by atoms with van der Waals surface area (Å²) in [6, 6.07) is 0. The molecule has 0 amide bonds. The van der Waals surface area contributed by atoms with Crippen molar-refractivity contribution in [1.82, 2.24) is 9.97 Å². The zero-order chi connectivity index (χ0) is 12.3.